The van der Waals surface area contributed by atoms with Crippen LogP contribution in [-0.4, -0.2) is 0 Å². The SMILES string of the molecule is CCCCCc1cc2c3c(c1)oc1c(C)ccc(c13)C(C)O2. The summed E-state index contributed by atoms with van der Waals surface area (Å²) >= 11 is 0. The van der Waals surface area contributed by atoms with Gasteiger partial charge in [-0.3, -0.25) is 0 Å². The molecule has 3 aromatic rings. The van der Waals surface area contributed by atoms with Gasteiger partial charge in [0.1, 0.15) is 23.0 Å². The predicted octanol–water partition coefficient (Wildman–Crippen LogP) is 6.08. The summed E-state index contributed by atoms with van der Waals surface area (Å²) < 4.78 is 12.4. The topological polar surface area (TPSA) is 22.4 Å². The lowest BCUT2D eigenvalue weighted by Crippen LogP contribution is -2.08. The Morgan fingerprint density at radius 1 is 1.09 bits per heavy atom. The smallest absolute Gasteiger partial charge is 0.139 e. The van der Waals surface area contributed by atoms with E-state index in [1.54, 1.807) is 0 Å². The molecule has 1 atom stereocenters. The van der Waals surface area contributed by atoms with Crippen molar-refractivity contribution in [3.05, 3.63) is 41.0 Å². The maximum absolute atomic E-state index is 6.20. The molecule has 0 bridgehead atoms. The molecule has 0 aliphatic carbocycles. The number of hydrogen-bond donors (Lipinski definition) is 0. The number of aryl methyl sites for hydroxylation is 2. The first-order valence-electron chi connectivity index (χ1n) is 8.34. The van der Waals surface area contributed by atoms with E-state index in [1.807, 2.05) is 0 Å². The third-order valence-corrected chi connectivity index (χ3v) is 4.79. The van der Waals surface area contributed by atoms with E-state index in [2.05, 4.69) is 45.0 Å². The molecule has 1 aromatic heterocycles. The average molecular weight is 294 g/mol. The summed E-state index contributed by atoms with van der Waals surface area (Å²) in [7, 11) is 0. The van der Waals surface area contributed by atoms with Crippen molar-refractivity contribution in [3.8, 4) is 5.75 Å². The molecule has 0 fully saturated rings. The molecule has 0 N–H and O–H groups in total. The van der Waals surface area contributed by atoms with Crippen molar-refractivity contribution < 1.29 is 9.15 Å². The van der Waals surface area contributed by atoms with Crippen LogP contribution < -0.4 is 4.74 Å². The summed E-state index contributed by atoms with van der Waals surface area (Å²) in [5.41, 5.74) is 5.76. The number of unbranched alkanes of at least 4 members (excludes halogenated alkanes) is 2. The van der Waals surface area contributed by atoms with Crippen molar-refractivity contribution in [3.63, 3.8) is 0 Å². The Labute approximate surface area is 131 Å². The minimum Gasteiger partial charge on any atom is -0.485 e. The molecule has 4 rings (SSSR count). The lowest BCUT2D eigenvalue weighted by atomic mass is 9.96. The molecule has 1 aliphatic heterocycles. The van der Waals surface area contributed by atoms with E-state index in [9.17, 15) is 0 Å². The molecular formula is C20H22O2. The monoisotopic (exact) mass is 294 g/mol. The van der Waals surface area contributed by atoms with Crippen LogP contribution >= 0.6 is 0 Å². The maximum atomic E-state index is 6.20. The van der Waals surface area contributed by atoms with Crippen molar-refractivity contribution in [2.24, 2.45) is 0 Å². The number of ether oxygens (including phenoxy) is 1. The minimum atomic E-state index is 0.0855. The second-order valence-electron chi connectivity index (χ2n) is 6.46. The van der Waals surface area contributed by atoms with Crippen LogP contribution in [0.3, 0.4) is 0 Å². The Morgan fingerprint density at radius 2 is 1.95 bits per heavy atom. The van der Waals surface area contributed by atoms with Gasteiger partial charge in [-0.15, -0.1) is 0 Å². The van der Waals surface area contributed by atoms with Gasteiger partial charge in [-0.05, 0) is 49.9 Å². The summed E-state index contributed by atoms with van der Waals surface area (Å²) in [6.45, 7) is 6.47. The Morgan fingerprint density at radius 3 is 2.77 bits per heavy atom. The van der Waals surface area contributed by atoms with E-state index in [0.717, 1.165) is 28.7 Å². The second kappa shape index (κ2) is 5.05. The number of rotatable bonds is 4. The van der Waals surface area contributed by atoms with Gasteiger partial charge in [0.15, 0.2) is 0 Å². The van der Waals surface area contributed by atoms with E-state index >= 15 is 0 Å². The number of benzene rings is 2. The summed E-state index contributed by atoms with van der Waals surface area (Å²) in [6.07, 6.45) is 4.92. The lowest BCUT2D eigenvalue weighted by molar-refractivity contribution is 0.228. The molecule has 2 heterocycles. The molecule has 2 aromatic carbocycles. The van der Waals surface area contributed by atoms with Crippen molar-refractivity contribution in [1.29, 1.82) is 0 Å². The van der Waals surface area contributed by atoms with Crippen molar-refractivity contribution in [2.75, 3.05) is 0 Å². The Balaban J connectivity index is 1.94. The van der Waals surface area contributed by atoms with Gasteiger partial charge < -0.3 is 9.15 Å². The van der Waals surface area contributed by atoms with Crippen LogP contribution in [0.5, 0.6) is 5.75 Å². The Hall–Kier alpha value is -1.96. The zero-order chi connectivity index (χ0) is 15.3. The van der Waals surface area contributed by atoms with E-state index in [0.29, 0.717) is 0 Å². The van der Waals surface area contributed by atoms with Gasteiger partial charge in [-0.2, -0.15) is 0 Å². The summed E-state index contributed by atoms with van der Waals surface area (Å²) in [5, 5.41) is 2.41. The van der Waals surface area contributed by atoms with Crippen LogP contribution in [0, 0.1) is 6.92 Å². The Bertz CT molecular complexity index is 857. The molecule has 1 unspecified atom stereocenters. The molecule has 0 radical (unpaired) electrons. The molecule has 0 saturated carbocycles. The van der Waals surface area contributed by atoms with Crippen molar-refractivity contribution in [1.82, 2.24) is 0 Å². The molecule has 1 aliphatic rings. The fourth-order valence-electron chi connectivity index (χ4n) is 3.58. The highest BCUT2D eigenvalue weighted by atomic mass is 16.5. The molecule has 114 valence electrons. The van der Waals surface area contributed by atoms with Gasteiger partial charge in [0.2, 0.25) is 0 Å². The van der Waals surface area contributed by atoms with E-state index < -0.39 is 0 Å². The fourth-order valence-corrected chi connectivity index (χ4v) is 3.58. The first kappa shape index (κ1) is 13.7. The van der Waals surface area contributed by atoms with E-state index in [4.69, 9.17) is 9.15 Å². The second-order valence-corrected chi connectivity index (χ2v) is 6.46. The van der Waals surface area contributed by atoms with Crippen LogP contribution in [0.25, 0.3) is 21.9 Å². The van der Waals surface area contributed by atoms with Gasteiger partial charge in [0.05, 0.1) is 5.39 Å². The highest BCUT2D eigenvalue weighted by molar-refractivity contribution is 6.11. The van der Waals surface area contributed by atoms with Gasteiger partial charge in [0, 0.05) is 10.9 Å². The van der Waals surface area contributed by atoms with Gasteiger partial charge in [0.25, 0.3) is 0 Å². The minimum absolute atomic E-state index is 0.0855. The summed E-state index contributed by atoms with van der Waals surface area (Å²) in [5.74, 6) is 0.994. The quantitative estimate of drug-likeness (QED) is 0.544. The van der Waals surface area contributed by atoms with Crippen molar-refractivity contribution >= 4 is 21.9 Å². The number of furan rings is 1. The van der Waals surface area contributed by atoms with E-state index in [1.165, 1.54) is 41.3 Å². The molecule has 0 spiro atoms. The fraction of sp³-hybridized carbons (Fsp3) is 0.400. The predicted molar refractivity (Wildman–Crippen MR) is 90.7 cm³/mol. The summed E-state index contributed by atoms with van der Waals surface area (Å²) in [6, 6.07) is 8.73. The lowest BCUT2D eigenvalue weighted by Gasteiger charge is -2.22. The zero-order valence-electron chi connectivity index (χ0n) is 13.5. The van der Waals surface area contributed by atoms with Crippen molar-refractivity contribution in [2.45, 2.75) is 52.6 Å². The third kappa shape index (κ3) is 1.93. The molecule has 22 heavy (non-hydrogen) atoms. The standard InChI is InChI=1S/C20H22O2/c1-4-5-6-7-14-10-16-19-17(11-14)22-20-12(2)8-9-15(18(19)20)13(3)21-16/h8-11,13H,4-7H2,1-3H3. The highest BCUT2D eigenvalue weighted by Gasteiger charge is 2.26. The molecule has 0 amide bonds. The van der Waals surface area contributed by atoms with Crippen LogP contribution in [0.2, 0.25) is 0 Å². The Kier molecular flexibility index (Phi) is 3.14. The first-order chi connectivity index (χ1) is 10.7. The van der Waals surface area contributed by atoms with Crippen LogP contribution in [0.15, 0.2) is 28.7 Å². The van der Waals surface area contributed by atoms with Crippen LogP contribution in [0.1, 0.15) is 55.9 Å². The molecule has 0 saturated heterocycles. The maximum Gasteiger partial charge on any atom is 0.139 e. The normalized spacial score (nSPS) is 16.6. The zero-order valence-corrected chi connectivity index (χ0v) is 13.5. The number of hydrogen-bond acceptors (Lipinski definition) is 2. The summed E-state index contributed by atoms with van der Waals surface area (Å²) in [4.78, 5) is 0. The van der Waals surface area contributed by atoms with Gasteiger partial charge in [-0.25, -0.2) is 0 Å². The average Bonchev–Trinajstić information content (AvgIpc) is 2.88. The molecule has 2 heteroatoms. The van der Waals surface area contributed by atoms with Crippen LogP contribution in [0.4, 0.5) is 0 Å². The van der Waals surface area contributed by atoms with Gasteiger partial charge >= 0.3 is 0 Å². The highest BCUT2D eigenvalue weighted by Crippen LogP contribution is 2.46. The largest absolute Gasteiger partial charge is 0.485 e. The van der Waals surface area contributed by atoms with Gasteiger partial charge in [-0.1, -0.05) is 31.9 Å². The first-order valence-corrected chi connectivity index (χ1v) is 8.34. The van der Waals surface area contributed by atoms with E-state index in [-0.39, 0.29) is 6.10 Å². The van der Waals surface area contributed by atoms with Crippen LogP contribution in [-0.2, 0) is 6.42 Å². The molecular weight excluding hydrogens is 272 g/mol. The third-order valence-electron chi connectivity index (χ3n) is 4.79. The molecule has 2 nitrogen and oxygen atoms in total.